The number of unbranched alkanes of at least 4 members (excludes halogenated alkanes) is 1. The summed E-state index contributed by atoms with van der Waals surface area (Å²) < 4.78 is 5.63. The van der Waals surface area contributed by atoms with Gasteiger partial charge in [0.15, 0.2) is 0 Å². The molecule has 0 N–H and O–H groups in total. The van der Waals surface area contributed by atoms with Crippen molar-refractivity contribution in [2.45, 2.75) is 33.1 Å². The van der Waals surface area contributed by atoms with Crippen LogP contribution in [0.4, 0.5) is 0 Å². The Hall–Kier alpha value is -2.09. The minimum Gasteiger partial charge on any atom is -0.496 e. The fourth-order valence-electron chi connectivity index (χ4n) is 2.24. The highest BCUT2D eigenvalue weighted by Gasteiger charge is 2.09. The van der Waals surface area contributed by atoms with E-state index in [0.29, 0.717) is 0 Å². The molecule has 0 aliphatic rings. The molecule has 0 atom stereocenters. The molecule has 2 nitrogen and oxygen atoms in total. The van der Waals surface area contributed by atoms with Gasteiger partial charge in [-0.25, -0.2) is 0 Å². The molecule has 0 fully saturated rings. The van der Waals surface area contributed by atoms with Crippen LogP contribution in [0, 0.1) is 0 Å². The molecule has 2 aromatic carbocycles. The first-order valence-corrected chi connectivity index (χ1v) is 7.39. The molecular weight excluding hydrogens is 260 g/mol. The van der Waals surface area contributed by atoms with E-state index in [1.807, 2.05) is 6.07 Å². The molecule has 0 spiro atoms. The summed E-state index contributed by atoms with van der Waals surface area (Å²) in [5.41, 5.74) is 3.71. The van der Waals surface area contributed by atoms with Crippen LogP contribution in [0.2, 0.25) is 0 Å². The number of hydrogen-bond donors (Lipinski definition) is 0. The molecule has 2 heteroatoms. The summed E-state index contributed by atoms with van der Waals surface area (Å²) >= 11 is 0. The van der Waals surface area contributed by atoms with E-state index in [2.05, 4.69) is 49.4 Å². The van der Waals surface area contributed by atoms with E-state index in [4.69, 9.17) is 9.53 Å². The number of benzene rings is 2. The first-order valence-electron chi connectivity index (χ1n) is 7.39. The third-order valence-electron chi connectivity index (χ3n) is 3.19. The fourth-order valence-corrected chi connectivity index (χ4v) is 2.24. The van der Waals surface area contributed by atoms with E-state index in [1.54, 1.807) is 7.11 Å². The maximum Gasteiger partial charge on any atom is 0.129 e. The Morgan fingerprint density at radius 1 is 1.05 bits per heavy atom. The highest BCUT2D eigenvalue weighted by atomic mass is 16.5. The van der Waals surface area contributed by atoms with Gasteiger partial charge in [0.25, 0.3) is 0 Å². The van der Waals surface area contributed by atoms with Crippen LogP contribution in [0.1, 0.15) is 32.3 Å². The second-order valence-electron chi connectivity index (χ2n) is 4.70. The Morgan fingerprint density at radius 3 is 2.29 bits per heavy atom. The van der Waals surface area contributed by atoms with Crippen molar-refractivity contribution < 1.29 is 9.53 Å². The molecule has 2 aromatic rings. The van der Waals surface area contributed by atoms with Crippen molar-refractivity contribution >= 4 is 6.29 Å². The van der Waals surface area contributed by atoms with E-state index in [-0.39, 0.29) is 0 Å². The average molecular weight is 284 g/mol. The van der Waals surface area contributed by atoms with Gasteiger partial charge in [0.05, 0.1) is 7.11 Å². The third kappa shape index (κ3) is 5.07. The summed E-state index contributed by atoms with van der Waals surface area (Å²) in [5, 5.41) is 0. The number of hydrogen-bond acceptors (Lipinski definition) is 2. The van der Waals surface area contributed by atoms with E-state index < -0.39 is 0 Å². The van der Waals surface area contributed by atoms with Gasteiger partial charge in [-0.15, -0.1) is 0 Å². The normalized spacial score (nSPS) is 9.48. The Bertz CT molecular complexity index is 533. The van der Waals surface area contributed by atoms with Gasteiger partial charge in [-0.05, 0) is 30.9 Å². The van der Waals surface area contributed by atoms with Crippen LogP contribution in [-0.2, 0) is 11.2 Å². The van der Waals surface area contributed by atoms with Gasteiger partial charge < -0.3 is 9.53 Å². The number of carbonyl (C=O) groups excluding carboxylic acids is 1. The van der Waals surface area contributed by atoms with Crippen LogP contribution in [0.15, 0.2) is 48.5 Å². The monoisotopic (exact) mass is 284 g/mol. The highest BCUT2D eigenvalue weighted by molar-refractivity contribution is 5.72. The van der Waals surface area contributed by atoms with Gasteiger partial charge in [0.2, 0.25) is 0 Å². The van der Waals surface area contributed by atoms with Crippen LogP contribution in [0.3, 0.4) is 0 Å². The molecule has 0 saturated carbocycles. The Labute approximate surface area is 127 Å². The lowest BCUT2D eigenvalue weighted by Crippen LogP contribution is -1.95. The molecule has 112 valence electrons. The van der Waals surface area contributed by atoms with Crippen molar-refractivity contribution in [2.24, 2.45) is 0 Å². The van der Waals surface area contributed by atoms with Crippen molar-refractivity contribution in [3.8, 4) is 16.9 Å². The molecule has 0 aliphatic heterocycles. The Kier molecular flexibility index (Phi) is 7.88. The van der Waals surface area contributed by atoms with E-state index in [0.717, 1.165) is 18.5 Å². The molecule has 0 bridgehead atoms. The summed E-state index contributed by atoms with van der Waals surface area (Å²) in [7, 11) is 1.76. The zero-order valence-corrected chi connectivity index (χ0v) is 13.1. The minimum absolute atomic E-state index is 0.750. The first-order chi connectivity index (χ1) is 10.3. The molecule has 0 amide bonds. The standard InChI is InChI=1S/C17H20O.C2H4O/c1-3-4-9-15-12-8-13-16(17(15)18-2)14-10-6-5-7-11-14;1-2-3/h5-8,10-13H,3-4,9H2,1-2H3;2H,1H3. The quantitative estimate of drug-likeness (QED) is 0.729. The molecule has 0 aliphatic carbocycles. The molecule has 0 radical (unpaired) electrons. The van der Waals surface area contributed by atoms with Crippen LogP contribution in [-0.4, -0.2) is 13.4 Å². The number of ether oxygens (including phenoxy) is 1. The minimum atomic E-state index is 0.750. The van der Waals surface area contributed by atoms with E-state index >= 15 is 0 Å². The van der Waals surface area contributed by atoms with Crippen molar-refractivity contribution in [3.05, 3.63) is 54.1 Å². The third-order valence-corrected chi connectivity index (χ3v) is 3.19. The van der Waals surface area contributed by atoms with Crippen LogP contribution >= 0.6 is 0 Å². The van der Waals surface area contributed by atoms with Gasteiger partial charge in [-0.1, -0.05) is 61.9 Å². The SMILES string of the molecule is CC=O.CCCCc1cccc(-c2ccccc2)c1OC. The predicted molar refractivity (Wildman–Crippen MR) is 88.8 cm³/mol. The van der Waals surface area contributed by atoms with Gasteiger partial charge in [0, 0.05) is 5.56 Å². The summed E-state index contributed by atoms with van der Waals surface area (Å²) in [6.07, 6.45) is 4.24. The van der Waals surface area contributed by atoms with Gasteiger partial charge in [-0.3, -0.25) is 0 Å². The van der Waals surface area contributed by atoms with Crippen LogP contribution in [0.5, 0.6) is 5.75 Å². The molecule has 21 heavy (non-hydrogen) atoms. The predicted octanol–water partition coefficient (Wildman–Crippen LogP) is 4.91. The lowest BCUT2D eigenvalue weighted by molar-refractivity contribution is -0.106. The molecule has 0 unspecified atom stereocenters. The summed E-state index contributed by atoms with van der Waals surface area (Å²) in [6.45, 7) is 3.66. The maximum atomic E-state index is 8.81. The number of para-hydroxylation sites is 1. The number of carbonyl (C=O) groups is 1. The largest absolute Gasteiger partial charge is 0.496 e. The second kappa shape index (κ2) is 9.76. The van der Waals surface area contributed by atoms with Gasteiger partial charge >= 0.3 is 0 Å². The molecule has 2 rings (SSSR count). The summed E-state index contributed by atoms with van der Waals surface area (Å²) in [5.74, 6) is 1.03. The number of aldehydes is 1. The van der Waals surface area contributed by atoms with Crippen molar-refractivity contribution in [3.63, 3.8) is 0 Å². The number of rotatable bonds is 5. The zero-order chi connectivity index (χ0) is 15.5. The summed E-state index contributed by atoms with van der Waals surface area (Å²) in [6, 6.07) is 16.8. The Balaban J connectivity index is 0.000000677. The topological polar surface area (TPSA) is 26.3 Å². The maximum absolute atomic E-state index is 8.81. The van der Waals surface area contributed by atoms with Crippen molar-refractivity contribution in [2.75, 3.05) is 7.11 Å². The lowest BCUT2D eigenvalue weighted by Gasteiger charge is -2.13. The first kappa shape index (κ1) is 17.0. The van der Waals surface area contributed by atoms with E-state index in [9.17, 15) is 0 Å². The average Bonchev–Trinajstić information content (AvgIpc) is 2.54. The molecule has 0 aromatic heterocycles. The summed E-state index contributed by atoms with van der Waals surface area (Å²) in [4.78, 5) is 8.81. The highest BCUT2D eigenvalue weighted by Crippen LogP contribution is 2.33. The van der Waals surface area contributed by atoms with Crippen molar-refractivity contribution in [1.82, 2.24) is 0 Å². The lowest BCUT2D eigenvalue weighted by atomic mass is 9.99. The number of methoxy groups -OCH3 is 1. The number of aryl methyl sites for hydroxylation is 1. The van der Waals surface area contributed by atoms with Crippen LogP contribution in [0.25, 0.3) is 11.1 Å². The van der Waals surface area contributed by atoms with Crippen LogP contribution < -0.4 is 4.74 Å². The van der Waals surface area contributed by atoms with Crippen molar-refractivity contribution in [1.29, 1.82) is 0 Å². The van der Waals surface area contributed by atoms with Gasteiger partial charge in [-0.2, -0.15) is 0 Å². The fraction of sp³-hybridized carbons (Fsp3) is 0.316. The molecule has 0 heterocycles. The smallest absolute Gasteiger partial charge is 0.129 e. The van der Waals surface area contributed by atoms with E-state index in [1.165, 1.54) is 36.5 Å². The zero-order valence-electron chi connectivity index (χ0n) is 13.1. The van der Waals surface area contributed by atoms with Gasteiger partial charge in [0.1, 0.15) is 12.0 Å². The Morgan fingerprint density at radius 2 is 1.71 bits per heavy atom. The molecular formula is C19H24O2. The molecule has 0 saturated heterocycles. The second-order valence-corrected chi connectivity index (χ2v) is 4.70.